The van der Waals surface area contributed by atoms with Crippen molar-refractivity contribution in [3.8, 4) is 0 Å². The van der Waals surface area contributed by atoms with Crippen molar-refractivity contribution in [3.05, 3.63) is 24.2 Å². The first-order valence-corrected chi connectivity index (χ1v) is 3.03. The maximum atomic E-state index is 4.91. The van der Waals surface area contributed by atoms with E-state index >= 15 is 0 Å². The molecule has 0 fully saturated rings. The van der Waals surface area contributed by atoms with Crippen molar-refractivity contribution >= 4 is 11.0 Å². The highest BCUT2D eigenvalue weighted by molar-refractivity contribution is 5.74. The third-order valence-corrected chi connectivity index (χ3v) is 1.37. The molecule has 2 rings (SSSR count). The van der Waals surface area contributed by atoms with Crippen LogP contribution in [0.2, 0.25) is 0 Å². The molecule has 0 aromatic carbocycles. The molecule has 3 heteroatoms. The van der Waals surface area contributed by atoms with Gasteiger partial charge in [-0.3, -0.25) is 4.98 Å². The van der Waals surface area contributed by atoms with E-state index < -0.39 is 0 Å². The lowest BCUT2D eigenvalue weighted by atomic mass is 10.3. The fourth-order valence-corrected chi connectivity index (χ4v) is 0.861. The van der Waals surface area contributed by atoms with E-state index in [2.05, 4.69) is 10.1 Å². The summed E-state index contributed by atoms with van der Waals surface area (Å²) < 4.78 is 4.91. The Morgan fingerprint density at radius 3 is 3.20 bits per heavy atom. The molecule has 2 aromatic heterocycles. The minimum absolute atomic E-state index is 0.799. The molecule has 3 nitrogen and oxygen atoms in total. The van der Waals surface area contributed by atoms with Gasteiger partial charge in [-0.1, -0.05) is 5.16 Å². The van der Waals surface area contributed by atoms with Crippen molar-refractivity contribution in [2.24, 2.45) is 0 Å². The van der Waals surface area contributed by atoms with Crippen LogP contribution >= 0.6 is 0 Å². The predicted octanol–water partition coefficient (Wildman–Crippen LogP) is 1.53. The van der Waals surface area contributed by atoms with Crippen LogP contribution in [0.3, 0.4) is 0 Å². The maximum Gasteiger partial charge on any atom is 0.170 e. The van der Waals surface area contributed by atoms with Gasteiger partial charge in [-0.05, 0) is 6.92 Å². The number of hydrogen-bond acceptors (Lipinski definition) is 3. The number of aryl methyl sites for hydroxylation is 1. The second-order valence-electron chi connectivity index (χ2n) is 2.19. The molecule has 0 bridgehead atoms. The summed E-state index contributed by atoms with van der Waals surface area (Å²) in [5, 5.41) is 4.58. The molecule has 10 heavy (non-hydrogen) atoms. The van der Waals surface area contributed by atoms with Crippen molar-refractivity contribution in [3.63, 3.8) is 0 Å². The average Bonchev–Trinajstić information content (AvgIpc) is 2.33. The Kier molecular flexibility index (Phi) is 0.974. The van der Waals surface area contributed by atoms with Crippen LogP contribution < -0.4 is 0 Å². The van der Waals surface area contributed by atoms with Crippen LogP contribution in [-0.2, 0) is 0 Å². The lowest BCUT2D eigenvalue weighted by Crippen LogP contribution is -1.76. The van der Waals surface area contributed by atoms with E-state index in [-0.39, 0.29) is 0 Å². The van der Waals surface area contributed by atoms with Crippen molar-refractivity contribution in [1.29, 1.82) is 0 Å². The number of aromatic nitrogens is 2. The largest absolute Gasteiger partial charge is 0.356 e. The van der Waals surface area contributed by atoms with Gasteiger partial charge in [0.05, 0.1) is 11.6 Å². The molecule has 2 aromatic rings. The zero-order valence-electron chi connectivity index (χ0n) is 5.53. The summed E-state index contributed by atoms with van der Waals surface area (Å²) >= 11 is 0. The molecular formula is C7H6N2O. The molecule has 0 atom stereocenters. The first kappa shape index (κ1) is 5.41. The molecule has 0 spiro atoms. The average molecular weight is 134 g/mol. The molecule has 50 valence electrons. The molecule has 0 unspecified atom stereocenters. The second kappa shape index (κ2) is 1.80. The maximum absolute atomic E-state index is 4.91. The van der Waals surface area contributed by atoms with E-state index in [1.54, 1.807) is 12.4 Å². The highest BCUT2D eigenvalue weighted by Gasteiger charge is 1.96. The Bertz CT molecular complexity index is 353. The van der Waals surface area contributed by atoms with Gasteiger partial charge >= 0.3 is 0 Å². The summed E-state index contributed by atoms with van der Waals surface area (Å²) in [7, 11) is 0. The lowest BCUT2D eigenvalue weighted by Gasteiger charge is -1.86. The van der Waals surface area contributed by atoms with E-state index in [0.717, 1.165) is 16.7 Å². The second-order valence-corrected chi connectivity index (χ2v) is 2.19. The third-order valence-electron chi connectivity index (χ3n) is 1.37. The molecule has 2 heterocycles. The van der Waals surface area contributed by atoms with Gasteiger partial charge in [0, 0.05) is 18.0 Å². The van der Waals surface area contributed by atoms with Crippen LogP contribution in [0.1, 0.15) is 5.69 Å². The first-order valence-electron chi connectivity index (χ1n) is 3.03. The van der Waals surface area contributed by atoms with Crippen LogP contribution in [-0.4, -0.2) is 10.1 Å². The summed E-state index contributed by atoms with van der Waals surface area (Å²) in [5.41, 5.74) is 1.75. The Hall–Kier alpha value is -1.38. The molecule has 0 saturated carbocycles. The summed E-state index contributed by atoms with van der Waals surface area (Å²) in [6, 6.07) is 1.86. The number of pyridine rings is 1. The molecule has 0 aliphatic heterocycles. The normalized spacial score (nSPS) is 10.5. The number of fused-ring (bicyclic) bond motifs is 1. The van der Waals surface area contributed by atoms with Gasteiger partial charge < -0.3 is 4.52 Å². The summed E-state index contributed by atoms with van der Waals surface area (Å²) in [6.45, 7) is 1.92. The number of rotatable bonds is 0. The summed E-state index contributed by atoms with van der Waals surface area (Å²) in [4.78, 5) is 4.08. The van der Waals surface area contributed by atoms with E-state index in [0.29, 0.717) is 0 Å². The van der Waals surface area contributed by atoms with E-state index in [9.17, 15) is 0 Å². The number of hydrogen-bond donors (Lipinski definition) is 0. The Morgan fingerprint density at radius 2 is 2.30 bits per heavy atom. The van der Waals surface area contributed by atoms with E-state index in [1.165, 1.54) is 0 Å². The molecule has 0 amide bonds. The van der Waals surface area contributed by atoms with Crippen molar-refractivity contribution in [2.45, 2.75) is 6.92 Å². The van der Waals surface area contributed by atoms with Gasteiger partial charge in [-0.2, -0.15) is 0 Å². The van der Waals surface area contributed by atoms with Gasteiger partial charge in [-0.25, -0.2) is 0 Å². The highest BCUT2D eigenvalue weighted by Crippen LogP contribution is 2.11. The SMILES string of the molecule is Cc1cc2oncc2cn1. The highest BCUT2D eigenvalue weighted by atomic mass is 16.5. The number of nitrogens with zero attached hydrogens (tertiary/aromatic N) is 2. The summed E-state index contributed by atoms with van der Waals surface area (Å²) in [6.07, 6.45) is 3.41. The smallest absolute Gasteiger partial charge is 0.170 e. The first-order chi connectivity index (χ1) is 4.86. The molecule has 0 radical (unpaired) electrons. The monoisotopic (exact) mass is 134 g/mol. The fourth-order valence-electron chi connectivity index (χ4n) is 0.861. The van der Waals surface area contributed by atoms with Crippen LogP contribution in [0.15, 0.2) is 23.0 Å². The van der Waals surface area contributed by atoms with Gasteiger partial charge in [0.2, 0.25) is 0 Å². The zero-order chi connectivity index (χ0) is 6.97. The molecule has 0 aliphatic carbocycles. The minimum atomic E-state index is 0.799. The third kappa shape index (κ3) is 0.673. The minimum Gasteiger partial charge on any atom is -0.356 e. The van der Waals surface area contributed by atoms with Crippen molar-refractivity contribution < 1.29 is 4.52 Å². The van der Waals surface area contributed by atoms with Crippen LogP contribution in [0.5, 0.6) is 0 Å². The van der Waals surface area contributed by atoms with Gasteiger partial charge in [0.25, 0.3) is 0 Å². The van der Waals surface area contributed by atoms with Crippen LogP contribution in [0, 0.1) is 6.92 Å². The standard InChI is InChI=1S/C7H6N2O/c1-5-2-7-6(3-8-5)4-9-10-7/h2-4H,1H3. The Morgan fingerprint density at radius 1 is 1.40 bits per heavy atom. The predicted molar refractivity (Wildman–Crippen MR) is 36.5 cm³/mol. The van der Waals surface area contributed by atoms with E-state index in [4.69, 9.17) is 4.52 Å². The van der Waals surface area contributed by atoms with Crippen molar-refractivity contribution in [1.82, 2.24) is 10.1 Å². The van der Waals surface area contributed by atoms with Gasteiger partial charge in [-0.15, -0.1) is 0 Å². The molecular weight excluding hydrogens is 128 g/mol. The van der Waals surface area contributed by atoms with Crippen LogP contribution in [0.4, 0.5) is 0 Å². The quantitative estimate of drug-likeness (QED) is 0.548. The Labute approximate surface area is 57.7 Å². The fraction of sp³-hybridized carbons (Fsp3) is 0.143. The topological polar surface area (TPSA) is 38.9 Å². The zero-order valence-corrected chi connectivity index (χ0v) is 5.53. The van der Waals surface area contributed by atoms with E-state index in [1.807, 2.05) is 13.0 Å². The van der Waals surface area contributed by atoms with Gasteiger partial charge in [0.1, 0.15) is 0 Å². The molecule has 0 aliphatic rings. The molecule has 0 N–H and O–H groups in total. The lowest BCUT2D eigenvalue weighted by molar-refractivity contribution is 0.456. The van der Waals surface area contributed by atoms with Crippen molar-refractivity contribution in [2.75, 3.05) is 0 Å². The van der Waals surface area contributed by atoms with Crippen LogP contribution in [0.25, 0.3) is 11.0 Å². The molecule has 0 saturated heterocycles. The Balaban J connectivity index is 2.86. The summed E-state index contributed by atoms with van der Waals surface area (Å²) in [5.74, 6) is 0. The van der Waals surface area contributed by atoms with Gasteiger partial charge in [0.15, 0.2) is 5.58 Å².